The van der Waals surface area contributed by atoms with E-state index < -0.39 is 10.0 Å². The summed E-state index contributed by atoms with van der Waals surface area (Å²) in [5, 5.41) is 7.85. The van der Waals surface area contributed by atoms with Crippen LogP contribution in [-0.2, 0) is 14.8 Å². The van der Waals surface area contributed by atoms with E-state index in [9.17, 15) is 18.0 Å². The lowest BCUT2D eigenvalue weighted by molar-refractivity contribution is -0.122. The van der Waals surface area contributed by atoms with Crippen LogP contribution >= 0.6 is 0 Å². The molecule has 1 amide bonds. The van der Waals surface area contributed by atoms with Gasteiger partial charge in [-0.05, 0) is 23.1 Å². The van der Waals surface area contributed by atoms with Crippen molar-refractivity contribution in [1.82, 2.24) is 5.32 Å². The second kappa shape index (κ2) is 6.90. The average molecular weight is 386 g/mol. The number of nitrogens with two attached hydrogens (primary N) is 1. The third kappa shape index (κ3) is 3.94. The zero-order valence-electron chi connectivity index (χ0n) is 15.2. The van der Waals surface area contributed by atoms with E-state index in [1.54, 1.807) is 36.4 Å². The van der Waals surface area contributed by atoms with Crippen molar-refractivity contribution in [3.05, 3.63) is 65.7 Å². The number of benzene rings is 2. The molecule has 0 radical (unpaired) electrons. The van der Waals surface area contributed by atoms with Gasteiger partial charge in [0.2, 0.25) is 15.9 Å². The molecule has 0 aromatic heterocycles. The van der Waals surface area contributed by atoms with Gasteiger partial charge in [-0.25, -0.2) is 13.6 Å². The van der Waals surface area contributed by atoms with Gasteiger partial charge in [0.25, 0.3) is 0 Å². The number of hydrogen-bond acceptors (Lipinski definition) is 4. The van der Waals surface area contributed by atoms with Crippen LogP contribution in [0.25, 0.3) is 0 Å². The molecule has 1 aliphatic rings. The Balaban J connectivity index is 1.66. The molecule has 7 heteroatoms. The molecule has 1 unspecified atom stereocenters. The van der Waals surface area contributed by atoms with E-state index >= 15 is 0 Å². The van der Waals surface area contributed by atoms with Gasteiger partial charge in [-0.3, -0.25) is 9.59 Å². The highest BCUT2D eigenvalue weighted by Gasteiger charge is 2.62. The molecule has 142 valence electrons. The highest BCUT2D eigenvalue weighted by molar-refractivity contribution is 7.89. The molecule has 2 aromatic carbocycles. The van der Waals surface area contributed by atoms with Crippen LogP contribution in [0.15, 0.2) is 59.5 Å². The first kappa shape index (κ1) is 19.3. The largest absolute Gasteiger partial charge is 0.348 e. The Morgan fingerprint density at radius 2 is 1.63 bits per heavy atom. The number of sulfonamides is 1. The second-order valence-corrected chi connectivity index (χ2v) is 8.96. The Labute approximate surface area is 158 Å². The molecule has 0 bridgehead atoms. The maximum absolute atomic E-state index is 12.6. The number of rotatable bonds is 6. The SMILES string of the molecule is CC1(C)C(c2ccc(S(N)(=O)=O)cc2)[C@@H]1C(=O)NCC(=O)c1ccccc1. The number of hydrogen-bond donors (Lipinski definition) is 2. The molecule has 0 aliphatic heterocycles. The number of ketones is 1. The summed E-state index contributed by atoms with van der Waals surface area (Å²) < 4.78 is 22.8. The number of carbonyl (C=O) groups excluding carboxylic acids is 2. The van der Waals surface area contributed by atoms with Gasteiger partial charge in [-0.1, -0.05) is 56.3 Å². The van der Waals surface area contributed by atoms with Crippen molar-refractivity contribution >= 4 is 21.7 Å². The first-order chi connectivity index (χ1) is 12.6. The molecule has 2 aromatic rings. The summed E-state index contributed by atoms with van der Waals surface area (Å²) in [6.07, 6.45) is 0. The van der Waals surface area contributed by atoms with Crippen molar-refractivity contribution in [2.75, 3.05) is 6.54 Å². The highest BCUT2D eigenvalue weighted by atomic mass is 32.2. The molecular weight excluding hydrogens is 364 g/mol. The normalized spacial score (nSPS) is 20.7. The molecule has 1 fully saturated rings. The zero-order chi connectivity index (χ0) is 19.8. The maximum Gasteiger partial charge on any atom is 0.238 e. The van der Waals surface area contributed by atoms with Crippen molar-refractivity contribution in [1.29, 1.82) is 0 Å². The fraction of sp³-hybridized carbons (Fsp3) is 0.300. The summed E-state index contributed by atoms with van der Waals surface area (Å²) in [5.74, 6) is -0.637. The van der Waals surface area contributed by atoms with Gasteiger partial charge in [-0.15, -0.1) is 0 Å². The molecular formula is C20H22N2O4S. The van der Waals surface area contributed by atoms with Crippen LogP contribution in [0.2, 0.25) is 0 Å². The van der Waals surface area contributed by atoms with Gasteiger partial charge in [-0.2, -0.15) is 0 Å². The lowest BCUT2D eigenvalue weighted by Crippen LogP contribution is -2.32. The summed E-state index contributed by atoms with van der Waals surface area (Å²) >= 11 is 0. The fourth-order valence-electron chi connectivity index (χ4n) is 3.62. The summed E-state index contributed by atoms with van der Waals surface area (Å²) in [7, 11) is -3.74. The Kier molecular flexibility index (Phi) is 4.92. The summed E-state index contributed by atoms with van der Waals surface area (Å²) in [4.78, 5) is 24.8. The summed E-state index contributed by atoms with van der Waals surface area (Å²) in [5.41, 5.74) is 1.16. The molecule has 2 atom stereocenters. The Morgan fingerprint density at radius 3 is 2.19 bits per heavy atom. The minimum absolute atomic E-state index is 0.0409. The molecule has 27 heavy (non-hydrogen) atoms. The van der Waals surface area contributed by atoms with Gasteiger partial charge >= 0.3 is 0 Å². The van der Waals surface area contributed by atoms with Crippen molar-refractivity contribution in [2.45, 2.75) is 24.7 Å². The predicted octanol–water partition coefficient (Wildman–Crippen LogP) is 2.07. The molecule has 6 nitrogen and oxygen atoms in total. The topological polar surface area (TPSA) is 106 Å². The number of primary sulfonamides is 1. The summed E-state index contributed by atoms with van der Waals surface area (Å²) in [6.45, 7) is 3.91. The maximum atomic E-state index is 12.6. The number of carbonyl (C=O) groups is 2. The van der Waals surface area contributed by atoms with E-state index in [4.69, 9.17) is 5.14 Å². The number of amides is 1. The summed E-state index contributed by atoms with van der Waals surface area (Å²) in [6, 6.07) is 15.1. The number of Topliss-reactive ketones (excluding diaryl/α,β-unsaturated/α-hetero) is 1. The van der Waals surface area contributed by atoms with Crippen molar-refractivity contribution in [3.8, 4) is 0 Å². The van der Waals surface area contributed by atoms with E-state index in [0.29, 0.717) is 5.56 Å². The molecule has 0 heterocycles. The van der Waals surface area contributed by atoms with Crippen LogP contribution in [0.3, 0.4) is 0 Å². The molecule has 1 saturated carbocycles. The molecule has 3 N–H and O–H groups in total. The van der Waals surface area contributed by atoms with Gasteiger partial charge < -0.3 is 5.32 Å². The lowest BCUT2D eigenvalue weighted by Gasteiger charge is -2.05. The highest BCUT2D eigenvalue weighted by Crippen LogP contribution is 2.64. The van der Waals surface area contributed by atoms with Gasteiger partial charge in [0.1, 0.15) is 0 Å². The minimum atomic E-state index is -3.74. The zero-order valence-corrected chi connectivity index (χ0v) is 16.0. The molecule has 3 rings (SSSR count). The Bertz CT molecular complexity index is 967. The van der Waals surface area contributed by atoms with Gasteiger partial charge in [0.15, 0.2) is 5.78 Å². The average Bonchev–Trinajstić information content (AvgIpc) is 3.21. The fourth-order valence-corrected chi connectivity index (χ4v) is 4.13. The predicted molar refractivity (Wildman–Crippen MR) is 102 cm³/mol. The molecule has 1 aliphatic carbocycles. The van der Waals surface area contributed by atoms with Crippen molar-refractivity contribution in [3.63, 3.8) is 0 Å². The van der Waals surface area contributed by atoms with Crippen LogP contribution in [-0.4, -0.2) is 26.7 Å². The van der Waals surface area contributed by atoms with Crippen LogP contribution in [0.4, 0.5) is 0 Å². The first-order valence-electron chi connectivity index (χ1n) is 8.61. The Morgan fingerprint density at radius 1 is 1.04 bits per heavy atom. The van der Waals surface area contributed by atoms with Crippen molar-refractivity contribution in [2.24, 2.45) is 16.5 Å². The van der Waals surface area contributed by atoms with Gasteiger partial charge in [0, 0.05) is 11.5 Å². The van der Waals surface area contributed by atoms with E-state index in [1.165, 1.54) is 12.1 Å². The van der Waals surface area contributed by atoms with Crippen LogP contribution in [0.5, 0.6) is 0 Å². The van der Waals surface area contributed by atoms with E-state index in [2.05, 4.69) is 5.32 Å². The van der Waals surface area contributed by atoms with E-state index in [-0.39, 0.29) is 40.4 Å². The van der Waals surface area contributed by atoms with Crippen LogP contribution in [0.1, 0.15) is 35.7 Å². The van der Waals surface area contributed by atoms with E-state index in [1.807, 2.05) is 19.9 Å². The molecule has 0 saturated heterocycles. The monoisotopic (exact) mass is 386 g/mol. The van der Waals surface area contributed by atoms with Crippen molar-refractivity contribution < 1.29 is 18.0 Å². The smallest absolute Gasteiger partial charge is 0.238 e. The van der Waals surface area contributed by atoms with Crippen LogP contribution in [0, 0.1) is 11.3 Å². The number of nitrogens with one attached hydrogen (secondary N) is 1. The van der Waals surface area contributed by atoms with Crippen LogP contribution < -0.4 is 10.5 Å². The third-order valence-corrected chi connectivity index (χ3v) is 6.13. The standard InChI is InChI=1S/C20H22N2O4S/c1-20(2)17(14-8-10-15(11-9-14)27(21,25)26)18(20)19(24)22-12-16(23)13-6-4-3-5-7-13/h3-11,17-18H,12H2,1-2H3,(H,22,24)(H2,21,25,26)/t17?,18-/m1/s1. The molecule has 0 spiro atoms. The van der Waals surface area contributed by atoms with E-state index in [0.717, 1.165) is 5.56 Å². The second-order valence-electron chi connectivity index (χ2n) is 7.40. The first-order valence-corrected chi connectivity index (χ1v) is 10.2. The minimum Gasteiger partial charge on any atom is -0.348 e. The Hall–Kier alpha value is -2.51. The third-order valence-electron chi connectivity index (χ3n) is 5.20. The van der Waals surface area contributed by atoms with Gasteiger partial charge in [0.05, 0.1) is 17.4 Å². The quantitative estimate of drug-likeness (QED) is 0.741. The lowest BCUT2D eigenvalue weighted by atomic mass is 10.0.